The van der Waals surface area contributed by atoms with Crippen LogP contribution in [-0.4, -0.2) is 13.7 Å². The second-order valence-electron chi connectivity index (χ2n) is 6.92. The number of halogens is 1. The largest absolute Gasteiger partial charge is 0.337 e. The zero-order chi connectivity index (χ0) is 20.0. The van der Waals surface area contributed by atoms with Crippen molar-refractivity contribution in [3.8, 4) is 11.3 Å². The summed E-state index contributed by atoms with van der Waals surface area (Å²) in [6, 6.07) is 17.9. The monoisotopic (exact) mass is 437 g/mol. The first-order valence-electron chi connectivity index (χ1n) is 9.02. The summed E-state index contributed by atoms with van der Waals surface area (Å²) in [6.45, 7) is 2.09. The lowest BCUT2D eigenvalue weighted by Crippen LogP contribution is -2.36. The molecular weight excluding hydrogens is 418 g/mol. The number of fused-ring (bicyclic) bond motifs is 1. The average molecular weight is 438 g/mol. The quantitative estimate of drug-likeness (QED) is 0.484. The lowest BCUT2D eigenvalue weighted by Gasteiger charge is -2.19. The molecule has 0 unspecified atom stereocenters. The highest BCUT2D eigenvalue weighted by Crippen LogP contribution is 2.36. The van der Waals surface area contributed by atoms with Crippen LogP contribution in [0.2, 0.25) is 0 Å². The van der Waals surface area contributed by atoms with Crippen molar-refractivity contribution in [1.82, 2.24) is 13.7 Å². The first kappa shape index (κ1) is 18.5. The maximum absolute atomic E-state index is 13.1. The first-order valence-corrected chi connectivity index (χ1v) is 9.81. The van der Waals surface area contributed by atoms with Gasteiger partial charge < -0.3 is 4.57 Å². The highest BCUT2D eigenvalue weighted by molar-refractivity contribution is 9.10. The van der Waals surface area contributed by atoms with Crippen LogP contribution in [0, 0.1) is 0 Å². The second kappa shape index (κ2) is 6.95. The standard InChI is InChI=1S/C22H20BrN3O2/c1-14(15-9-5-4-6-10-15)26-13-18-19(21(27)25(3)22(28)24(18)2)20(26)16-11-7-8-12-17(16)23/h4-14H,1-3H3/t14-/m0/s1. The molecule has 0 saturated carbocycles. The summed E-state index contributed by atoms with van der Waals surface area (Å²) < 4.78 is 5.68. The van der Waals surface area contributed by atoms with Crippen LogP contribution in [0.15, 0.2) is 74.9 Å². The third-order valence-electron chi connectivity index (χ3n) is 5.29. The molecule has 2 heterocycles. The van der Waals surface area contributed by atoms with Crippen molar-refractivity contribution in [3.05, 3.63) is 91.7 Å². The minimum atomic E-state index is -0.333. The van der Waals surface area contributed by atoms with E-state index in [4.69, 9.17) is 0 Å². The molecule has 0 aliphatic rings. The van der Waals surface area contributed by atoms with E-state index in [1.54, 1.807) is 7.05 Å². The lowest BCUT2D eigenvalue weighted by atomic mass is 10.1. The molecule has 0 amide bonds. The summed E-state index contributed by atoms with van der Waals surface area (Å²) in [5.41, 5.74) is 2.84. The molecule has 0 bridgehead atoms. The van der Waals surface area contributed by atoms with Gasteiger partial charge in [0.15, 0.2) is 0 Å². The molecule has 28 heavy (non-hydrogen) atoms. The van der Waals surface area contributed by atoms with Crippen LogP contribution in [-0.2, 0) is 14.1 Å². The number of hydrogen-bond donors (Lipinski definition) is 0. The van der Waals surface area contributed by atoms with Crippen molar-refractivity contribution in [2.45, 2.75) is 13.0 Å². The number of nitrogens with zero attached hydrogens (tertiary/aromatic N) is 3. The van der Waals surface area contributed by atoms with Gasteiger partial charge in [0.25, 0.3) is 5.56 Å². The summed E-state index contributed by atoms with van der Waals surface area (Å²) in [4.78, 5) is 25.6. The molecule has 0 aliphatic carbocycles. The van der Waals surface area contributed by atoms with Crippen molar-refractivity contribution in [2.75, 3.05) is 0 Å². The molecule has 0 N–H and O–H groups in total. The van der Waals surface area contributed by atoms with E-state index >= 15 is 0 Å². The molecule has 6 heteroatoms. The number of aryl methyl sites for hydroxylation is 1. The van der Waals surface area contributed by atoms with Crippen LogP contribution >= 0.6 is 15.9 Å². The Balaban J connectivity index is 2.16. The van der Waals surface area contributed by atoms with Crippen molar-refractivity contribution >= 4 is 26.8 Å². The van der Waals surface area contributed by atoms with Crippen LogP contribution in [0.4, 0.5) is 0 Å². The summed E-state index contributed by atoms with van der Waals surface area (Å²) >= 11 is 3.63. The third kappa shape index (κ3) is 2.76. The molecule has 0 aliphatic heterocycles. The van der Waals surface area contributed by atoms with Gasteiger partial charge >= 0.3 is 5.69 Å². The minimum Gasteiger partial charge on any atom is -0.337 e. The molecule has 2 aromatic carbocycles. The Hall–Kier alpha value is -2.86. The SMILES string of the molecule is C[C@@H](c1ccccc1)n1cc2c(c1-c1ccccc1Br)c(=O)n(C)c(=O)n2C. The van der Waals surface area contributed by atoms with E-state index in [2.05, 4.69) is 39.6 Å². The fraction of sp³-hybridized carbons (Fsp3) is 0.182. The maximum atomic E-state index is 13.1. The fourth-order valence-electron chi connectivity index (χ4n) is 3.68. The maximum Gasteiger partial charge on any atom is 0.330 e. The molecule has 0 radical (unpaired) electrons. The highest BCUT2D eigenvalue weighted by atomic mass is 79.9. The van der Waals surface area contributed by atoms with Crippen LogP contribution in [0.3, 0.4) is 0 Å². The van der Waals surface area contributed by atoms with Crippen molar-refractivity contribution in [3.63, 3.8) is 0 Å². The van der Waals surface area contributed by atoms with Crippen LogP contribution in [0.1, 0.15) is 18.5 Å². The molecule has 5 nitrogen and oxygen atoms in total. The summed E-state index contributed by atoms with van der Waals surface area (Å²) in [5.74, 6) is 0. The predicted octanol–water partition coefficient (Wildman–Crippen LogP) is 4.08. The van der Waals surface area contributed by atoms with Crippen molar-refractivity contribution in [2.24, 2.45) is 14.1 Å². The van der Waals surface area contributed by atoms with Gasteiger partial charge in [-0.15, -0.1) is 0 Å². The Labute approximate surface area is 170 Å². The molecule has 142 valence electrons. The van der Waals surface area contributed by atoms with Crippen molar-refractivity contribution < 1.29 is 0 Å². The van der Waals surface area contributed by atoms with Gasteiger partial charge in [0.1, 0.15) is 0 Å². The summed E-state index contributed by atoms with van der Waals surface area (Å²) in [5, 5.41) is 0.541. The summed E-state index contributed by atoms with van der Waals surface area (Å²) in [6.07, 6.45) is 1.91. The molecule has 1 atom stereocenters. The van der Waals surface area contributed by atoms with E-state index in [1.165, 1.54) is 16.2 Å². The van der Waals surface area contributed by atoms with Crippen LogP contribution in [0.5, 0.6) is 0 Å². The van der Waals surface area contributed by atoms with Gasteiger partial charge in [0, 0.05) is 30.3 Å². The molecular formula is C22H20BrN3O2. The van der Waals surface area contributed by atoms with Crippen molar-refractivity contribution in [1.29, 1.82) is 0 Å². The Bertz CT molecular complexity index is 1300. The average Bonchev–Trinajstić information content (AvgIpc) is 3.11. The highest BCUT2D eigenvalue weighted by Gasteiger charge is 2.23. The molecule has 2 aromatic heterocycles. The third-order valence-corrected chi connectivity index (χ3v) is 5.99. The van der Waals surface area contributed by atoms with Gasteiger partial charge in [-0.25, -0.2) is 4.79 Å². The van der Waals surface area contributed by atoms with Crippen LogP contribution < -0.4 is 11.2 Å². The van der Waals surface area contributed by atoms with Crippen LogP contribution in [0.25, 0.3) is 22.2 Å². The Morgan fingerprint density at radius 2 is 1.54 bits per heavy atom. The fourth-order valence-corrected chi connectivity index (χ4v) is 4.16. The Morgan fingerprint density at radius 1 is 0.893 bits per heavy atom. The van der Waals surface area contributed by atoms with E-state index in [0.717, 1.165) is 21.3 Å². The van der Waals surface area contributed by atoms with E-state index in [1.807, 2.05) is 48.7 Å². The number of benzene rings is 2. The Kier molecular flexibility index (Phi) is 4.59. The molecule has 0 spiro atoms. The zero-order valence-corrected chi connectivity index (χ0v) is 17.5. The second-order valence-corrected chi connectivity index (χ2v) is 7.77. The summed E-state index contributed by atoms with van der Waals surface area (Å²) in [7, 11) is 3.22. The van der Waals surface area contributed by atoms with Gasteiger partial charge in [-0.05, 0) is 18.6 Å². The van der Waals surface area contributed by atoms with Gasteiger partial charge in [0.05, 0.1) is 22.6 Å². The zero-order valence-electron chi connectivity index (χ0n) is 15.9. The lowest BCUT2D eigenvalue weighted by molar-refractivity contribution is 0.650. The van der Waals surface area contributed by atoms with E-state index in [-0.39, 0.29) is 17.3 Å². The first-order chi connectivity index (χ1) is 13.4. The van der Waals surface area contributed by atoms with Gasteiger partial charge in [-0.3, -0.25) is 13.9 Å². The topological polar surface area (TPSA) is 48.9 Å². The van der Waals surface area contributed by atoms with E-state index in [0.29, 0.717) is 10.9 Å². The molecule has 0 saturated heterocycles. The van der Waals surface area contributed by atoms with Gasteiger partial charge in [-0.1, -0.05) is 64.5 Å². The molecule has 4 rings (SSSR count). The molecule has 0 fully saturated rings. The normalized spacial score (nSPS) is 12.4. The number of aromatic nitrogens is 3. The predicted molar refractivity (Wildman–Crippen MR) is 116 cm³/mol. The van der Waals surface area contributed by atoms with Gasteiger partial charge in [-0.2, -0.15) is 0 Å². The molecule has 4 aromatic rings. The number of rotatable bonds is 3. The van der Waals surface area contributed by atoms with E-state index < -0.39 is 0 Å². The minimum absolute atomic E-state index is 0.0180. The Morgan fingerprint density at radius 3 is 2.21 bits per heavy atom. The smallest absolute Gasteiger partial charge is 0.330 e. The van der Waals surface area contributed by atoms with E-state index in [9.17, 15) is 9.59 Å². The van der Waals surface area contributed by atoms with Gasteiger partial charge in [0.2, 0.25) is 0 Å². The number of hydrogen-bond acceptors (Lipinski definition) is 2.